The highest BCUT2D eigenvalue weighted by molar-refractivity contribution is 9.10. The molecule has 0 saturated carbocycles. The summed E-state index contributed by atoms with van der Waals surface area (Å²) in [5.74, 6) is 0. The summed E-state index contributed by atoms with van der Waals surface area (Å²) in [6.07, 6.45) is -0.981. The van der Waals surface area contributed by atoms with Crippen molar-refractivity contribution in [1.29, 1.82) is 0 Å². The molecule has 6 heteroatoms. The highest BCUT2D eigenvalue weighted by atomic mass is 79.9. The third-order valence-corrected chi connectivity index (χ3v) is 2.41. The van der Waals surface area contributed by atoms with Crippen molar-refractivity contribution in [3.8, 4) is 0 Å². The minimum Gasteiger partial charge on any atom is -0.320 e. The molecule has 0 aromatic carbocycles. The quantitative estimate of drug-likeness (QED) is 0.862. The number of aromatic amines is 1. The largest absolute Gasteiger partial charge is 0.320 e. The third-order valence-electron chi connectivity index (χ3n) is 1.72. The van der Waals surface area contributed by atoms with E-state index in [-0.39, 0.29) is 6.42 Å². The number of nitrogens with zero attached hydrogens (tertiary/aromatic N) is 1. The van der Waals surface area contributed by atoms with Crippen LogP contribution in [0.4, 0.5) is 8.78 Å². The molecule has 1 aromatic heterocycles. The highest BCUT2D eigenvalue weighted by Crippen LogP contribution is 2.21. The lowest BCUT2D eigenvalue weighted by molar-refractivity contribution is 0.0633. The van der Waals surface area contributed by atoms with Gasteiger partial charge in [-0.2, -0.15) is 5.10 Å². The molecule has 3 nitrogen and oxygen atoms in total. The molecule has 3 N–H and O–H groups in total. The van der Waals surface area contributed by atoms with E-state index in [0.29, 0.717) is 10.2 Å². The second-order valence-corrected chi connectivity index (χ2v) is 4.03. The summed E-state index contributed by atoms with van der Waals surface area (Å²) in [5.41, 5.74) is 4.47. The fraction of sp³-hybridized carbons (Fsp3) is 0.571. The highest BCUT2D eigenvalue weighted by Gasteiger charge is 2.31. The Hall–Kier alpha value is -0.490. The zero-order chi connectivity index (χ0) is 10.1. The van der Waals surface area contributed by atoms with E-state index in [9.17, 15) is 8.78 Å². The number of aromatic nitrogens is 2. The van der Waals surface area contributed by atoms with Gasteiger partial charge in [-0.15, -0.1) is 0 Å². The van der Waals surface area contributed by atoms with Gasteiger partial charge >= 0.3 is 0 Å². The molecule has 0 aliphatic heterocycles. The SMILES string of the molecule is CC(N)(Cc1[nH]ncc1Br)C(F)F. The minimum absolute atomic E-state index is 0.0608. The average molecular weight is 254 g/mol. The van der Waals surface area contributed by atoms with Gasteiger partial charge in [0, 0.05) is 6.42 Å². The Morgan fingerprint density at radius 2 is 2.38 bits per heavy atom. The third kappa shape index (κ3) is 2.47. The lowest BCUT2D eigenvalue weighted by atomic mass is 9.98. The van der Waals surface area contributed by atoms with E-state index in [2.05, 4.69) is 26.1 Å². The Morgan fingerprint density at radius 1 is 1.77 bits per heavy atom. The average Bonchev–Trinajstić information content (AvgIpc) is 2.35. The van der Waals surface area contributed by atoms with Gasteiger partial charge in [0.25, 0.3) is 6.43 Å². The first kappa shape index (κ1) is 10.6. The maximum atomic E-state index is 12.4. The van der Waals surface area contributed by atoms with Crippen LogP contribution in [0.2, 0.25) is 0 Å². The number of rotatable bonds is 3. The van der Waals surface area contributed by atoms with E-state index in [1.165, 1.54) is 13.1 Å². The molecule has 13 heavy (non-hydrogen) atoms. The molecular formula is C7H10BrF2N3. The lowest BCUT2D eigenvalue weighted by Crippen LogP contribution is -2.46. The van der Waals surface area contributed by atoms with Crippen LogP contribution in [0.3, 0.4) is 0 Å². The molecule has 1 atom stereocenters. The van der Waals surface area contributed by atoms with Gasteiger partial charge in [0.2, 0.25) is 0 Å². The predicted molar refractivity (Wildman–Crippen MR) is 48.6 cm³/mol. The molecule has 1 aromatic rings. The van der Waals surface area contributed by atoms with E-state index in [0.717, 1.165) is 0 Å². The topological polar surface area (TPSA) is 54.7 Å². The van der Waals surface area contributed by atoms with Gasteiger partial charge in [0.1, 0.15) is 0 Å². The summed E-state index contributed by atoms with van der Waals surface area (Å²) in [4.78, 5) is 0. The number of halogens is 3. The van der Waals surface area contributed by atoms with Crippen molar-refractivity contribution < 1.29 is 8.78 Å². The molecule has 0 aliphatic rings. The molecule has 0 aliphatic carbocycles. The van der Waals surface area contributed by atoms with Gasteiger partial charge in [0.05, 0.1) is 21.9 Å². The van der Waals surface area contributed by atoms with Crippen LogP contribution in [0.1, 0.15) is 12.6 Å². The summed E-state index contributed by atoms with van der Waals surface area (Å²) in [5, 5.41) is 6.30. The first-order valence-electron chi connectivity index (χ1n) is 3.68. The van der Waals surface area contributed by atoms with Crippen molar-refractivity contribution >= 4 is 15.9 Å². The number of alkyl halides is 2. The van der Waals surface area contributed by atoms with Crippen LogP contribution in [0.15, 0.2) is 10.7 Å². The van der Waals surface area contributed by atoms with Crippen molar-refractivity contribution in [3.05, 3.63) is 16.4 Å². The second-order valence-electron chi connectivity index (χ2n) is 3.18. The number of hydrogen-bond donors (Lipinski definition) is 2. The molecule has 1 heterocycles. The zero-order valence-electron chi connectivity index (χ0n) is 7.02. The molecular weight excluding hydrogens is 244 g/mol. The maximum Gasteiger partial charge on any atom is 0.256 e. The van der Waals surface area contributed by atoms with Crippen LogP contribution < -0.4 is 5.73 Å². The first-order valence-corrected chi connectivity index (χ1v) is 4.47. The number of nitrogens with two attached hydrogens (primary N) is 1. The Morgan fingerprint density at radius 3 is 2.77 bits per heavy atom. The number of H-pyrrole nitrogens is 1. The zero-order valence-corrected chi connectivity index (χ0v) is 8.61. The molecule has 0 spiro atoms. The van der Waals surface area contributed by atoms with Crippen molar-refractivity contribution in [2.24, 2.45) is 5.73 Å². The maximum absolute atomic E-state index is 12.4. The molecule has 1 unspecified atom stereocenters. The molecule has 1 rings (SSSR count). The van der Waals surface area contributed by atoms with Crippen LogP contribution in [0.5, 0.6) is 0 Å². The predicted octanol–water partition coefficient (Wildman–Crippen LogP) is 1.70. The second kappa shape index (κ2) is 3.71. The van der Waals surface area contributed by atoms with Crippen LogP contribution in [0.25, 0.3) is 0 Å². The summed E-state index contributed by atoms with van der Waals surface area (Å²) in [6.45, 7) is 1.31. The first-order chi connectivity index (χ1) is 5.93. The fourth-order valence-electron chi connectivity index (χ4n) is 0.880. The van der Waals surface area contributed by atoms with Gasteiger partial charge in [-0.1, -0.05) is 0 Å². The van der Waals surface area contributed by atoms with Gasteiger partial charge in [-0.05, 0) is 22.9 Å². The Balaban J connectivity index is 2.74. The summed E-state index contributed by atoms with van der Waals surface area (Å²) < 4.78 is 25.4. The van der Waals surface area contributed by atoms with Crippen LogP contribution in [-0.2, 0) is 6.42 Å². The van der Waals surface area contributed by atoms with Gasteiger partial charge in [-0.25, -0.2) is 8.78 Å². The molecule has 0 amide bonds. The fourth-order valence-corrected chi connectivity index (χ4v) is 1.21. The summed E-state index contributed by atoms with van der Waals surface area (Å²) in [7, 11) is 0. The van der Waals surface area contributed by atoms with Gasteiger partial charge < -0.3 is 5.73 Å². The number of nitrogens with one attached hydrogen (secondary N) is 1. The van der Waals surface area contributed by atoms with Crippen molar-refractivity contribution in [3.63, 3.8) is 0 Å². The van der Waals surface area contributed by atoms with Gasteiger partial charge in [0.15, 0.2) is 0 Å². The standard InChI is InChI=1S/C7H10BrF2N3/c1-7(11,6(9)10)2-5-4(8)3-12-13-5/h3,6H,2,11H2,1H3,(H,12,13). The van der Waals surface area contributed by atoms with Crippen molar-refractivity contribution in [1.82, 2.24) is 10.2 Å². The lowest BCUT2D eigenvalue weighted by Gasteiger charge is -2.22. The van der Waals surface area contributed by atoms with E-state index in [1.54, 1.807) is 0 Å². The van der Waals surface area contributed by atoms with E-state index < -0.39 is 12.0 Å². The molecule has 0 fully saturated rings. The number of hydrogen-bond acceptors (Lipinski definition) is 2. The summed E-state index contributed by atoms with van der Waals surface area (Å²) in [6, 6.07) is 0. The van der Waals surface area contributed by atoms with Crippen LogP contribution in [0, 0.1) is 0 Å². The Labute approximate surface area is 82.8 Å². The van der Waals surface area contributed by atoms with Gasteiger partial charge in [-0.3, -0.25) is 5.10 Å². The normalized spacial score (nSPS) is 16.2. The Bertz CT molecular complexity index is 285. The Kier molecular flexibility index (Phi) is 3.02. The molecule has 0 radical (unpaired) electrons. The molecule has 0 saturated heterocycles. The molecule has 74 valence electrons. The van der Waals surface area contributed by atoms with E-state index in [1.807, 2.05) is 0 Å². The van der Waals surface area contributed by atoms with Crippen molar-refractivity contribution in [2.75, 3.05) is 0 Å². The van der Waals surface area contributed by atoms with E-state index in [4.69, 9.17) is 5.73 Å². The van der Waals surface area contributed by atoms with Crippen LogP contribution in [-0.4, -0.2) is 22.2 Å². The minimum atomic E-state index is -2.55. The summed E-state index contributed by atoms with van der Waals surface area (Å²) >= 11 is 3.17. The molecule has 0 bridgehead atoms. The smallest absolute Gasteiger partial charge is 0.256 e. The van der Waals surface area contributed by atoms with E-state index >= 15 is 0 Å². The van der Waals surface area contributed by atoms with Crippen LogP contribution >= 0.6 is 15.9 Å². The monoisotopic (exact) mass is 253 g/mol. The van der Waals surface area contributed by atoms with Crippen molar-refractivity contribution in [2.45, 2.75) is 25.3 Å².